The monoisotopic (exact) mass is 481 g/mol. The first-order valence-electron chi connectivity index (χ1n) is 11.1. The summed E-state index contributed by atoms with van der Waals surface area (Å²) in [7, 11) is -3.76. The van der Waals surface area contributed by atoms with Crippen molar-refractivity contribution in [3.63, 3.8) is 0 Å². The number of pyridine rings is 1. The molecule has 3 aromatic carbocycles. The molecule has 5 aromatic rings. The zero-order valence-electron chi connectivity index (χ0n) is 19.0. The number of nitrogens with one attached hydrogen (secondary N) is 2. The molecule has 0 aliphatic rings. The molecule has 0 radical (unpaired) electrons. The molecular formula is C27H23N5O2S. The van der Waals surface area contributed by atoms with Gasteiger partial charge in [-0.1, -0.05) is 60.7 Å². The highest BCUT2D eigenvalue weighted by atomic mass is 32.2. The lowest BCUT2D eigenvalue weighted by Gasteiger charge is -2.13. The number of nitrogens with zero attached hydrogens (tertiary/aromatic N) is 3. The van der Waals surface area contributed by atoms with Crippen LogP contribution < -0.4 is 10.0 Å². The molecule has 0 aliphatic heterocycles. The molecule has 2 N–H and O–H groups in total. The van der Waals surface area contributed by atoms with E-state index in [1.807, 2.05) is 66.7 Å². The molecule has 7 nitrogen and oxygen atoms in total. The van der Waals surface area contributed by atoms with Gasteiger partial charge < -0.3 is 5.32 Å². The molecule has 0 atom stereocenters. The van der Waals surface area contributed by atoms with Crippen LogP contribution in [0.4, 0.5) is 11.5 Å². The Labute approximate surface area is 204 Å². The van der Waals surface area contributed by atoms with Crippen molar-refractivity contribution >= 4 is 32.3 Å². The summed E-state index contributed by atoms with van der Waals surface area (Å²) in [5, 5.41) is 14.0. The summed E-state index contributed by atoms with van der Waals surface area (Å²) >= 11 is 0. The Hall–Kier alpha value is -4.14. The highest BCUT2D eigenvalue weighted by Crippen LogP contribution is 2.32. The lowest BCUT2D eigenvalue weighted by molar-refractivity contribution is 0.580. The van der Waals surface area contributed by atoms with Crippen LogP contribution in [0.15, 0.2) is 102 Å². The van der Waals surface area contributed by atoms with E-state index in [9.17, 15) is 8.42 Å². The number of rotatable bonds is 7. The average Bonchev–Trinajstić information content (AvgIpc) is 2.89. The average molecular weight is 482 g/mol. The number of aromatic nitrogens is 3. The SMILES string of the molecule is Cc1ccc(-c2nnc(Nc3ccccc3)c3ccccc23)cc1S(=O)(=O)NCc1cccnc1. The summed E-state index contributed by atoms with van der Waals surface area (Å²) in [6.45, 7) is 1.93. The van der Waals surface area contributed by atoms with E-state index < -0.39 is 10.0 Å². The van der Waals surface area contributed by atoms with Gasteiger partial charge in [0.1, 0.15) is 5.69 Å². The predicted octanol–water partition coefficient (Wildman–Crippen LogP) is 5.22. The molecule has 174 valence electrons. The molecule has 0 fully saturated rings. The normalized spacial score (nSPS) is 11.5. The molecule has 2 heterocycles. The molecule has 35 heavy (non-hydrogen) atoms. The summed E-state index contributed by atoms with van der Waals surface area (Å²) in [6, 6.07) is 26.5. The standard InChI is InChI=1S/C27H23N5O2S/c1-19-13-14-21(16-25(19)35(33,34)29-18-20-8-7-15-28-17-20)26-23-11-5-6-12-24(23)27(32-31-26)30-22-9-3-2-4-10-22/h2-17,29H,18H2,1H3,(H,30,32). The van der Waals surface area contributed by atoms with Crippen LogP contribution in [0.25, 0.3) is 22.0 Å². The van der Waals surface area contributed by atoms with Gasteiger partial charge in [-0.3, -0.25) is 4.98 Å². The summed E-state index contributed by atoms with van der Waals surface area (Å²) in [6.07, 6.45) is 3.29. The lowest BCUT2D eigenvalue weighted by atomic mass is 10.0. The predicted molar refractivity (Wildman–Crippen MR) is 138 cm³/mol. The van der Waals surface area contributed by atoms with Crippen LogP contribution >= 0.6 is 0 Å². The fraction of sp³-hybridized carbons (Fsp3) is 0.0741. The van der Waals surface area contributed by atoms with Gasteiger partial charge in [-0.25, -0.2) is 13.1 Å². The maximum Gasteiger partial charge on any atom is 0.241 e. The molecule has 0 aliphatic carbocycles. The second kappa shape index (κ2) is 9.61. The largest absolute Gasteiger partial charge is 0.338 e. The fourth-order valence-electron chi connectivity index (χ4n) is 3.86. The zero-order chi connectivity index (χ0) is 24.3. The van der Waals surface area contributed by atoms with Crippen molar-refractivity contribution in [1.29, 1.82) is 0 Å². The number of hydrogen-bond donors (Lipinski definition) is 2. The Balaban J connectivity index is 1.52. The Bertz CT molecular complexity index is 1590. The Morgan fingerprint density at radius 3 is 2.37 bits per heavy atom. The quantitative estimate of drug-likeness (QED) is 0.331. The van der Waals surface area contributed by atoms with Gasteiger partial charge in [0.15, 0.2) is 5.82 Å². The number of hydrogen-bond acceptors (Lipinski definition) is 6. The van der Waals surface area contributed by atoms with E-state index in [1.54, 1.807) is 37.5 Å². The van der Waals surface area contributed by atoms with Crippen molar-refractivity contribution in [3.05, 3.63) is 108 Å². The van der Waals surface area contributed by atoms with Gasteiger partial charge in [-0.15, -0.1) is 10.2 Å². The molecule has 0 unspecified atom stereocenters. The zero-order valence-corrected chi connectivity index (χ0v) is 19.8. The molecular weight excluding hydrogens is 458 g/mol. The maximum absolute atomic E-state index is 13.2. The van der Waals surface area contributed by atoms with Gasteiger partial charge in [0.25, 0.3) is 0 Å². The van der Waals surface area contributed by atoms with Crippen molar-refractivity contribution in [2.24, 2.45) is 0 Å². The van der Waals surface area contributed by atoms with E-state index in [0.717, 1.165) is 22.0 Å². The van der Waals surface area contributed by atoms with E-state index in [1.165, 1.54) is 0 Å². The summed E-state index contributed by atoms with van der Waals surface area (Å²) in [4.78, 5) is 4.24. The fourth-order valence-corrected chi connectivity index (χ4v) is 5.15. The number of benzene rings is 3. The van der Waals surface area contributed by atoms with Crippen LogP contribution in [0.3, 0.4) is 0 Å². The topological polar surface area (TPSA) is 96.9 Å². The third-order valence-electron chi connectivity index (χ3n) is 5.66. The minimum Gasteiger partial charge on any atom is -0.338 e. The number of para-hydroxylation sites is 1. The van der Waals surface area contributed by atoms with Crippen LogP contribution in [0, 0.1) is 6.92 Å². The van der Waals surface area contributed by atoms with Gasteiger partial charge in [0.2, 0.25) is 10.0 Å². The van der Waals surface area contributed by atoms with Gasteiger partial charge in [0.05, 0.1) is 4.90 Å². The number of anilines is 2. The lowest BCUT2D eigenvalue weighted by Crippen LogP contribution is -2.24. The number of sulfonamides is 1. The third-order valence-corrected chi connectivity index (χ3v) is 7.21. The first-order chi connectivity index (χ1) is 17.0. The molecule has 0 spiro atoms. The summed E-state index contributed by atoms with van der Waals surface area (Å²) in [5.74, 6) is 0.633. The van der Waals surface area contributed by atoms with Crippen molar-refractivity contribution in [2.75, 3.05) is 5.32 Å². The molecule has 0 saturated carbocycles. The second-order valence-corrected chi connectivity index (χ2v) is 9.84. The van der Waals surface area contributed by atoms with E-state index in [0.29, 0.717) is 22.6 Å². The van der Waals surface area contributed by atoms with Crippen molar-refractivity contribution in [1.82, 2.24) is 19.9 Å². The first kappa shape index (κ1) is 22.6. The van der Waals surface area contributed by atoms with Crippen molar-refractivity contribution in [2.45, 2.75) is 18.4 Å². The van der Waals surface area contributed by atoms with Crippen LogP contribution in [-0.4, -0.2) is 23.6 Å². The Morgan fingerprint density at radius 1 is 0.829 bits per heavy atom. The molecule has 2 aromatic heterocycles. The smallest absolute Gasteiger partial charge is 0.241 e. The van der Waals surface area contributed by atoms with Gasteiger partial charge in [-0.05, 0) is 42.3 Å². The third kappa shape index (κ3) is 4.89. The maximum atomic E-state index is 13.2. The van der Waals surface area contributed by atoms with E-state index in [2.05, 4.69) is 25.2 Å². The summed E-state index contributed by atoms with van der Waals surface area (Å²) < 4.78 is 29.0. The molecule has 0 bridgehead atoms. The highest BCUT2D eigenvalue weighted by Gasteiger charge is 2.19. The molecule has 0 amide bonds. The van der Waals surface area contributed by atoms with Gasteiger partial charge in [0, 0.05) is 41.0 Å². The van der Waals surface area contributed by atoms with Crippen molar-refractivity contribution < 1.29 is 8.42 Å². The Morgan fingerprint density at radius 2 is 1.60 bits per heavy atom. The van der Waals surface area contributed by atoms with Crippen LogP contribution in [0.1, 0.15) is 11.1 Å². The van der Waals surface area contributed by atoms with E-state index in [4.69, 9.17) is 0 Å². The molecule has 5 rings (SSSR count). The van der Waals surface area contributed by atoms with E-state index in [-0.39, 0.29) is 11.4 Å². The minimum absolute atomic E-state index is 0.155. The second-order valence-electron chi connectivity index (χ2n) is 8.10. The number of fused-ring (bicyclic) bond motifs is 1. The first-order valence-corrected chi connectivity index (χ1v) is 12.6. The van der Waals surface area contributed by atoms with Crippen LogP contribution in [0.5, 0.6) is 0 Å². The van der Waals surface area contributed by atoms with Gasteiger partial charge >= 0.3 is 0 Å². The van der Waals surface area contributed by atoms with Crippen LogP contribution in [0.2, 0.25) is 0 Å². The molecule has 8 heteroatoms. The van der Waals surface area contributed by atoms with Crippen LogP contribution in [-0.2, 0) is 16.6 Å². The van der Waals surface area contributed by atoms with E-state index >= 15 is 0 Å². The number of aryl methyl sites for hydroxylation is 1. The summed E-state index contributed by atoms with van der Waals surface area (Å²) in [5.41, 5.74) is 3.62. The minimum atomic E-state index is -3.76. The van der Waals surface area contributed by atoms with Gasteiger partial charge in [-0.2, -0.15) is 0 Å². The highest BCUT2D eigenvalue weighted by molar-refractivity contribution is 7.89. The Kier molecular flexibility index (Phi) is 6.22. The van der Waals surface area contributed by atoms with Crippen molar-refractivity contribution in [3.8, 4) is 11.3 Å². The molecule has 0 saturated heterocycles.